The molecule has 1 unspecified atom stereocenters. The van der Waals surface area contributed by atoms with E-state index in [0.717, 1.165) is 15.8 Å². The molecule has 2 N–H and O–H groups in total. The molecule has 2 aromatic rings. The van der Waals surface area contributed by atoms with E-state index >= 15 is 0 Å². The molecule has 1 aromatic heterocycles. The van der Waals surface area contributed by atoms with Crippen molar-refractivity contribution in [2.75, 3.05) is 6.61 Å². The summed E-state index contributed by atoms with van der Waals surface area (Å²) in [5.41, 5.74) is 6.98. The molecule has 2 rings (SSSR count). The Morgan fingerprint density at radius 2 is 2.18 bits per heavy atom. The van der Waals surface area contributed by atoms with Crippen molar-refractivity contribution in [1.29, 1.82) is 0 Å². The van der Waals surface area contributed by atoms with Crippen molar-refractivity contribution < 1.29 is 4.74 Å². The monoisotopic (exact) mass is 292 g/mol. The molecule has 0 aliphatic carbocycles. The molecule has 0 fully saturated rings. The SMILES string of the molecule is NC(COc1cccc(Br)c1)c1cccnc1. The molecule has 1 aromatic carbocycles. The summed E-state index contributed by atoms with van der Waals surface area (Å²) >= 11 is 3.39. The number of nitrogens with zero attached hydrogens (tertiary/aromatic N) is 1. The number of rotatable bonds is 4. The van der Waals surface area contributed by atoms with Crippen LogP contribution in [-0.4, -0.2) is 11.6 Å². The first-order valence-electron chi connectivity index (χ1n) is 5.29. The van der Waals surface area contributed by atoms with E-state index in [0.29, 0.717) is 6.61 Å². The highest BCUT2D eigenvalue weighted by atomic mass is 79.9. The van der Waals surface area contributed by atoms with Gasteiger partial charge in [0.2, 0.25) is 0 Å². The van der Waals surface area contributed by atoms with Gasteiger partial charge in [0.05, 0.1) is 6.04 Å². The molecule has 17 heavy (non-hydrogen) atoms. The largest absolute Gasteiger partial charge is 0.492 e. The van der Waals surface area contributed by atoms with Gasteiger partial charge in [0.1, 0.15) is 12.4 Å². The Bertz CT molecular complexity index is 476. The lowest BCUT2D eigenvalue weighted by Crippen LogP contribution is -2.19. The number of hydrogen-bond donors (Lipinski definition) is 1. The summed E-state index contributed by atoms with van der Waals surface area (Å²) in [4.78, 5) is 4.03. The number of ether oxygens (including phenoxy) is 1. The minimum atomic E-state index is -0.164. The van der Waals surface area contributed by atoms with Gasteiger partial charge in [0.25, 0.3) is 0 Å². The molecule has 4 heteroatoms. The van der Waals surface area contributed by atoms with Gasteiger partial charge in [-0.3, -0.25) is 4.98 Å². The Morgan fingerprint density at radius 1 is 1.29 bits per heavy atom. The van der Waals surface area contributed by atoms with Crippen molar-refractivity contribution in [3.63, 3.8) is 0 Å². The predicted octanol–water partition coefficient (Wildman–Crippen LogP) is 2.92. The van der Waals surface area contributed by atoms with Crippen LogP contribution in [0.4, 0.5) is 0 Å². The van der Waals surface area contributed by atoms with Gasteiger partial charge in [0, 0.05) is 16.9 Å². The number of pyridine rings is 1. The minimum absolute atomic E-state index is 0.164. The lowest BCUT2D eigenvalue weighted by molar-refractivity contribution is 0.290. The topological polar surface area (TPSA) is 48.1 Å². The van der Waals surface area contributed by atoms with Crippen LogP contribution in [0, 0.1) is 0 Å². The number of benzene rings is 1. The molecule has 0 aliphatic heterocycles. The van der Waals surface area contributed by atoms with Crippen LogP contribution in [0.2, 0.25) is 0 Å². The highest BCUT2D eigenvalue weighted by Crippen LogP contribution is 2.19. The molecule has 0 radical (unpaired) electrons. The summed E-state index contributed by atoms with van der Waals surface area (Å²) in [7, 11) is 0. The fourth-order valence-electron chi connectivity index (χ4n) is 1.43. The molecular formula is C13H13BrN2O. The van der Waals surface area contributed by atoms with Crippen molar-refractivity contribution in [3.05, 3.63) is 58.8 Å². The van der Waals surface area contributed by atoms with Gasteiger partial charge in [-0.2, -0.15) is 0 Å². The Kier molecular flexibility index (Phi) is 4.12. The zero-order valence-corrected chi connectivity index (χ0v) is 10.8. The maximum absolute atomic E-state index is 6.00. The van der Waals surface area contributed by atoms with E-state index in [1.807, 2.05) is 36.4 Å². The second-order valence-corrected chi connectivity index (χ2v) is 4.58. The molecule has 0 spiro atoms. The van der Waals surface area contributed by atoms with Crippen molar-refractivity contribution >= 4 is 15.9 Å². The molecule has 0 saturated carbocycles. The first-order chi connectivity index (χ1) is 8.25. The molecule has 1 atom stereocenters. The normalized spacial score (nSPS) is 12.1. The third kappa shape index (κ3) is 3.54. The van der Waals surface area contributed by atoms with Crippen LogP contribution in [-0.2, 0) is 0 Å². The van der Waals surface area contributed by atoms with E-state index in [1.54, 1.807) is 12.4 Å². The Balaban J connectivity index is 1.95. The first kappa shape index (κ1) is 12.1. The number of aromatic nitrogens is 1. The van der Waals surface area contributed by atoms with Crippen molar-refractivity contribution in [3.8, 4) is 5.75 Å². The zero-order chi connectivity index (χ0) is 12.1. The molecule has 0 aliphatic rings. The smallest absolute Gasteiger partial charge is 0.120 e. The third-order valence-electron chi connectivity index (χ3n) is 2.34. The maximum atomic E-state index is 6.00. The van der Waals surface area contributed by atoms with Crippen molar-refractivity contribution in [1.82, 2.24) is 4.98 Å². The lowest BCUT2D eigenvalue weighted by Gasteiger charge is -2.13. The van der Waals surface area contributed by atoms with Crippen molar-refractivity contribution in [2.45, 2.75) is 6.04 Å². The fourth-order valence-corrected chi connectivity index (χ4v) is 1.81. The summed E-state index contributed by atoms with van der Waals surface area (Å²) in [6, 6.07) is 11.3. The Hall–Kier alpha value is -1.39. The quantitative estimate of drug-likeness (QED) is 0.943. The second-order valence-electron chi connectivity index (χ2n) is 3.66. The molecular weight excluding hydrogens is 280 g/mol. The molecule has 0 bridgehead atoms. The van der Waals surface area contributed by atoms with Gasteiger partial charge >= 0.3 is 0 Å². The van der Waals surface area contributed by atoms with Gasteiger partial charge in [-0.1, -0.05) is 28.1 Å². The summed E-state index contributed by atoms with van der Waals surface area (Å²) in [6.07, 6.45) is 3.49. The molecule has 0 amide bonds. The van der Waals surface area contributed by atoms with E-state index in [-0.39, 0.29) is 6.04 Å². The highest BCUT2D eigenvalue weighted by Gasteiger charge is 2.06. The van der Waals surface area contributed by atoms with Crippen LogP contribution < -0.4 is 10.5 Å². The van der Waals surface area contributed by atoms with E-state index < -0.39 is 0 Å². The zero-order valence-electron chi connectivity index (χ0n) is 9.21. The van der Waals surface area contributed by atoms with E-state index in [2.05, 4.69) is 20.9 Å². The molecule has 0 saturated heterocycles. The van der Waals surface area contributed by atoms with Crippen LogP contribution in [0.15, 0.2) is 53.3 Å². The highest BCUT2D eigenvalue weighted by molar-refractivity contribution is 9.10. The number of hydrogen-bond acceptors (Lipinski definition) is 3. The van der Waals surface area contributed by atoms with Crippen LogP contribution in [0.1, 0.15) is 11.6 Å². The fraction of sp³-hybridized carbons (Fsp3) is 0.154. The number of nitrogens with two attached hydrogens (primary N) is 1. The summed E-state index contributed by atoms with van der Waals surface area (Å²) in [5.74, 6) is 0.804. The molecule has 1 heterocycles. The van der Waals surface area contributed by atoms with Crippen LogP contribution in [0.5, 0.6) is 5.75 Å². The van der Waals surface area contributed by atoms with Gasteiger partial charge in [-0.15, -0.1) is 0 Å². The summed E-state index contributed by atoms with van der Waals surface area (Å²) < 4.78 is 6.61. The average Bonchev–Trinajstić information content (AvgIpc) is 2.37. The van der Waals surface area contributed by atoms with E-state index in [4.69, 9.17) is 10.5 Å². The standard InChI is InChI=1S/C13H13BrN2O/c14-11-4-1-5-12(7-11)17-9-13(15)10-3-2-6-16-8-10/h1-8,13H,9,15H2. The lowest BCUT2D eigenvalue weighted by atomic mass is 10.1. The molecule has 3 nitrogen and oxygen atoms in total. The van der Waals surface area contributed by atoms with Crippen LogP contribution in [0.3, 0.4) is 0 Å². The number of halogens is 1. The van der Waals surface area contributed by atoms with Gasteiger partial charge in [-0.05, 0) is 29.8 Å². The van der Waals surface area contributed by atoms with E-state index in [9.17, 15) is 0 Å². The first-order valence-corrected chi connectivity index (χ1v) is 6.09. The summed E-state index contributed by atoms with van der Waals surface area (Å²) in [6.45, 7) is 0.433. The van der Waals surface area contributed by atoms with E-state index in [1.165, 1.54) is 0 Å². The van der Waals surface area contributed by atoms with Gasteiger partial charge in [0.15, 0.2) is 0 Å². The summed E-state index contributed by atoms with van der Waals surface area (Å²) in [5, 5.41) is 0. The Labute approximate surface area is 109 Å². The Morgan fingerprint density at radius 3 is 2.88 bits per heavy atom. The van der Waals surface area contributed by atoms with Crippen LogP contribution in [0.25, 0.3) is 0 Å². The van der Waals surface area contributed by atoms with Crippen molar-refractivity contribution in [2.24, 2.45) is 5.73 Å². The minimum Gasteiger partial charge on any atom is -0.492 e. The van der Waals surface area contributed by atoms with Gasteiger partial charge in [-0.25, -0.2) is 0 Å². The maximum Gasteiger partial charge on any atom is 0.120 e. The predicted molar refractivity (Wildman–Crippen MR) is 70.8 cm³/mol. The van der Waals surface area contributed by atoms with Crippen LogP contribution >= 0.6 is 15.9 Å². The average molecular weight is 293 g/mol. The second kappa shape index (κ2) is 5.80. The van der Waals surface area contributed by atoms with Gasteiger partial charge < -0.3 is 10.5 Å². The third-order valence-corrected chi connectivity index (χ3v) is 2.83. The molecule has 88 valence electrons.